The number of furan rings is 2. The van der Waals surface area contributed by atoms with Gasteiger partial charge in [0.2, 0.25) is 0 Å². The van der Waals surface area contributed by atoms with Crippen molar-refractivity contribution in [2.75, 3.05) is 18.5 Å². The third kappa shape index (κ3) is 5.17. The molecule has 6 heteroatoms. The average molecular weight is 367 g/mol. The molecule has 1 atom stereocenters. The molecule has 3 aromatic rings. The van der Waals surface area contributed by atoms with E-state index in [9.17, 15) is 4.79 Å². The van der Waals surface area contributed by atoms with Crippen molar-refractivity contribution in [1.29, 1.82) is 0 Å². The van der Waals surface area contributed by atoms with Crippen LogP contribution in [0.1, 0.15) is 18.4 Å². The molecule has 2 amide bonds. The zero-order valence-corrected chi connectivity index (χ0v) is 15.7. The number of rotatable bonds is 8. The summed E-state index contributed by atoms with van der Waals surface area (Å²) in [6.07, 6.45) is 3.21. The van der Waals surface area contributed by atoms with Crippen molar-refractivity contribution in [3.05, 3.63) is 78.6 Å². The zero-order valence-electron chi connectivity index (χ0n) is 15.7. The molecule has 0 fully saturated rings. The SMILES string of the molecule is CC(CNC(=O)N(Cc1ccco1)Cc1ccco1)N(C)c1ccccc1. The maximum Gasteiger partial charge on any atom is 0.318 e. The first-order chi connectivity index (χ1) is 13.1. The summed E-state index contributed by atoms with van der Waals surface area (Å²) in [5.41, 5.74) is 1.11. The van der Waals surface area contributed by atoms with E-state index in [1.807, 2.05) is 49.5 Å². The third-order valence-corrected chi connectivity index (χ3v) is 4.51. The van der Waals surface area contributed by atoms with Gasteiger partial charge < -0.3 is 24.0 Å². The molecule has 142 valence electrons. The van der Waals surface area contributed by atoms with Crippen molar-refractivity contribution in [3.63, 3.8) is 0 Å². The van der Waals surface area contributed by atoms with Crippen molar-refractivity contribution >= 4 is 11.7 Å². The van der Waals surface area contributed by atoms with E-state index < -0.39 is 0 Å². The van der Waals surface area contributed by atoms with Crippen LogP contribution in [0, 0.1) is 0 Å². The molecule has 0 radical (unpaired) electrons. The summed E-state index contributed by atoms with van der Waals surface area (Å²) >= 11 is 0. The summed E-state index contributed by atoms with van der Waals surface area (Å²) in [6, 6.07) is 17.4. The lowest BCUT2D eigenvalue weighted by Crippen LogP contribution is -2.45. The number of carbonyl (C=O) groups excluding carboxylic acids is 1. The second kappa shape index (κ2) is 8.98. The molecule has 6 nitrogen and oxygen atoms in total. The summed E-state index contributed by atoms with van der Waals surface area (Å²) in [7, 11) is 2.02. The van der Waals surface area contributed by atoms with Gasteiger partial charge in [0.15, 0.2) is 0 Å². The second-order valence-corrected chi connectivity index (χ2v) is 6.50. The fourth-order valence-electron chi connectivity index (χ4n) is 2.78. The van der Waals surface area contributed by atoms with Gasteiger partial charge in [-0.1, -0.05) is 18.2 Å². The quantitative estimate of drug-likeness (QED) is 0.651. The summed E-state index contributed by atoms with van der Waals surface area (Å²) in [5.74, 6) is 1.46. The molecule has 27 heavy (non-hydrogen) atoms. The van der Waals surface area contributed by atoms with Crippen LogP contribution in [-0.2, 0) is 13.1 Å². The molecular weight excluding hydrogens is 342 g/mol. The van der Waals surface area contributed by atoms with E-state index in [1.165, 1.54) is 0 Å². The van der Waals surface area contributed by atoms with Crippen LogP contribution in [0.3, 0.4) is 0 Å². The van der Waals surface area contributed by atoms with Gasteiger partial charge in [-0.05, 0) is 43.3 Å². The van der Waals surface area contributed by atoms with Crippen LogP contribution in [0.5, 0.6) is 0 Å². The topological polar surface area (TPSA) is 61.9 Å². The van der Waals surface area contributed by atoms with Crippen molar-refractivity contribution in [2.45, 2.75) is 26.1 Å². The predicted octanol–water partition coefficient (Wildman–Crippen LogP) is 4.11. The van der Waals surface area contributed by atoms with Crippen molar-refractivity contribution < 1.29 is 13.6 Å². The highest BCUT2D eigenvalue weighted by atomic mass is 16.3. The van der Waals surface area contributed by atoms with Gasteiger partial charge in [0, 0.05) is 25.3 Å². The zero-order chi connectivity index (χ0) is 19.1. The predicted molar refractivity (Wildman–Crippen MR) is 104 cm³/mol. The average Bonchev–Trinajstić information content (AvgIpc) is 3.39. The largest absolute Gasteiger partial charge is 0.467 e. The van der Waals surface area contributed by atoms with E-state index in [0.717, 1.165) is 17.2 Å². The van der Waals surface area contributed by atoms with Crippen LogP contribution in [0.25, 0.3) is 0 Å². The Kier molecular flexibility index (Phi) is 6.20. The van der Waals surface area contributed by atoms with Gasteiger partial charge in [-0.3, -0.25) is 0 Å². The molecule has 2 aromatic heterocycles. The molecule has 0 aliphatic carbocycles. The summed E-state index contributed by atoms with van der Waals surface area (Å²) in [5, 5.41) is 3.02. The van der Waals surface area contributed by atoms with E-state index in [2.05, 4.69) is 29.3 Å². The van der Waals surface area contributed by atoms with Crippen LogP contribution in [0.2, 0.25) is 0 Å². The first kappa shape index (κ1) is 18.6. The summed E-state index contributed by atoms with van der Waals surface area (Å²) in [4.78, 5) is 16.6. The molecule has 0 saturated heterocycles. The van der Waals surface area contributed by atoms with Crippen LogP contribution in [0.4, 0.5) is 10.5 Å². The number of para-hydroxylation sites is 1. The first-order valence-electron chi connectivity index (χ1n) is 8.99. The minimum atomic E-state index is -0.156. The maximum absolute atomic E-state index is 12.8. The number of hydrogen-bond acceptors (Lipinski definition) is 4. The van der Waals surface area contributed by atoms with Crippen LogP contribution < -0.4 is 10.2 Å². The summed E-state index contributed by atoms with van der Waals surface area (Å²) < 4.78 is 10.8. The van der Waals surface area contributed by atoms with Crippen molar-refractivity contribution in [1.82, 2.24) is 10.2 Å². The van der Waals surface area contributed by atoms with Crippen LogP contribution in [0.15, 0.2) is 76.0 Å². The second-order valence-electron chi connectivity index (χ2n) is 6.50. The minimum Gasteiger partial charge on any atom is -0.467 e. The highest BCUT2D eigenvalue weighted by Crippen LogP contribution is 2.14. The summed E-state index contributed by atoms with van der Waals surface area (Å²) in [6.45, 7) is 3.36. The lowest BCUT2D eigenvalue weighted by atomic mass is 10.2. The molecule has 1 aromatic carbocycles. The molecule has 0 aliphatic heterocycles. The van der Waals surface area contributed by atoms with E-state index in [-0.39, 0.29) is 12.1 Å². The molecule has 0 spiro atoms. The maximum atomic E-state index is 12.8. The standard InChI is InChI=1S/C21H25N3O3/c1-17(23(2)18-8-4-3-5-9-18)14-22-21(25)24(15-19-10-6-12-26-19)16-20-11-7-13-27-20/h3-13,17H,14-16H2,1-2H3,(H,22,25). The number of amides is 2. The Morgan fingerprint density at radius 3 is 2.07 bits per heavy atom. The molecule has 1 N–H and O–H groups in total. The van der Waals surface area contributed by atoms with Gasteiger partial charge in [-0.15, -0.1) is 0 Å². The molecule has 2 heterocycles. The molecule has 3 rings (SSSR count). The van der Waals surface area contributed by atoms with Crippen molar-refractivity contribution in [3.8, 4) is 0 Å². The smallest absolute Gasteiger partial charge is 0.318 e. The Morgan fingerprint density at radius 1 is 0.963 bits per heavy atom. The highest BCUT2D eigenvalue weighted by Gasteiger charge is 2.18. The number of likely N-dealkylation sites (N-methyl/N-ethyl adjacent to an activating group) is 1. The highest BCUT2D eigenvalue weighted by molar-refractivity contribution is 5.74. The Hall–Kier alpha value is -3.15. The number of nitrogens with zero attached hydrogens (tertiary/aromatic N) is 2. The van der Waals surface area contributed by atoms with Gasteiger partial charge in [0.25, 0.3) is 0 Å². The molecule has 0 aliphatic rings. The molecule has 1 unspecified atom stereocenters. The fraction of sp³-hybridized carbons (Fsp3) is 0.286. The number of nitrogens with one attached hydrogen (secondary N) is 1. The Balaban J connectivity index is 1.59. The van der Waals surface area contributed by atoms with Crippen molar-refractivity contribution in [2.24, 2.45) is 0 Å². The van der Waals surface area contributed by atoms with Crippen LogP contribution >= 0.6 is 0 Å². The normalized spacial score (nSPS) is 11.8. The monoisotopic (exact) mass is 367 g/mol. The number of benzene rings is 1. The Bertz CT molecular complexity index is 764. The van der Waals surface area contributed by atoms with Crippen LogP contribution in [-0.4, -0.2) is 30.6 Å². The van der Waals surface area contributed by atoms with Gasteiger partial charge in [-0.2, -0.15) is 0 Å². The number of urea groups is 1. The fourth-order valence-corrected chi connectivity index (χ4v) is 2.78. The van der Waals surface area contributed by atoms with E-state index >= 15 is 0 Å². The number of hydrogen-bond donors (Lipinski definition) is 1. The molecular formula is C21H25N3O3. The first-order valence-corrected chi connectivity index (χ1v) is 8.99. The lowest BCUT2D eigenvalue weighted by Gasteiger charge is -2.28. The van der Waals surface area contributed by atoms with Gasteiger partial charge in [-0.25, -0.2) is 4.79 Å². The molecule has 0 saturated carbocycles. The van der Waals surface area contributed by atoms with Gasteiger partial charge in [0.05, 0.1) is 25.6 Å². The van der Waals surface area contributed by atoms with Gasteiger partial charge in [0.1, 0.15) is 11.5 Å². The van der Waals surface area contributed by atoms with E-state index in [4.69, 9.17) is 8.83 Å². The van der Waals surface area contributed by atoms with E-state index in [0.29, 0.717) is 19.6 Å². The number of anilines is 1. The minimum absolute atomic E-state index is 0.144. The Morgan fingerprint density at radius 2 is 1.56 bits per heavy atom. The Labute approximate surface area is 159 Å². The number of carbonyl (C=O) groups is 1. The van der Waals surface area contributed by atoms with Gasteiger partial charge >= 0.3 is 6.03 Å². The van der Waals surface area contributed by atoms with E-state index in [1.54, 1.807) is 17.4 Å². The lowest BCUT2D eigenvalue weighted by molar-refractivity contribution is 0.181. The third-order valence-electron chi connectivity index (χ3n) is 4.51. The molecule has 0 bridgehead atoms.